The van der Waals surface area contributed by atoms with Crippen molar-refractivity contribution in [1.29, 1.82) is 0 Å². The third kappa shape index (κ3) is 4.59. The number of carboxylic acid groups (broad SMARTS) is 2. The van der Waals surface area contributed by atoms with Crippen LogP contribution >= 0.6 is 0 Å². The summed E-state index contributed by atoms with van der Waals surface area (Å²) in [6, 6.07) is 8.14. The zero-order valence-electron chi connectivity index (χ0n) is 13.5. The van der Waals surface area contributed by atoms with Gasteiger partial charge in [-0.1, -0.05) is 51.1 Å². The molecule has 7 heteroatoms. The van der Waals surface area contributed by atoms with E-state index in [1.807, 2.05) is 30.3 Å². The van der Waals surface area contributed by atoms with Gasteiger partial charge in [-0.2, -0.15) is 0 Å². The van der Waals surface area contributed by atoms with Crippen molar-refractivity contribution < 1.29 is 24.9 Å². The Labute approximate surface area is 135 Å². The molecule has 0 fully saturated rings. The molecule has 1 rings (SSSR count). The molecular weight excluding hydrogens is 300 g/mol. The number of aliphatic hydroxyl groups is 1. The lowest BCUT2D eigenvalue weighted by Crippen LogP contribution is -2.70. The van der Waals surface area contributed by atoms with E-state index >= 15 is 0 Å². The predicted molar refractivity (Wildman–Crippen MR) is 85.5 cm³/mol. The third-order valence-corrected chi connectivity index (χ3v) is 4.07. The van der Waals surface area contributed by atoms with Crippen molar-refractivity contribution in [2.24, 2.45) is 5.41 Å². The lowest BCUT2D eigenvalue weighted by atomic mass is 9.66. The van der Waals surface area contributed by atoms with Crippen LogP contribution in [0.3, 0.4) is 0 Å². The Hall–Kier alpha value is -2.28. The fourth-order valence-corrected chi connectivity index (χ4v) is 2.81. The molecule has 7 nitrogen and oxygen atoms in total. The van der Waals surface area contributed by atoms with Crippen molar-refractivity contribution in [1.82, 2.24) is 10.6 Å². The minimum atomic E-state index is -1.32. The number of hydrogen-bond donors (Lipinski definition) is 5. The summed E-state index contributed by atoms with van der Waals surface area (Å²) >= 11 is 0. The molecule has 1 unspecified atom stereocenters. The summed E-state index contributed by atoms with van der Waals surface area (Å²) < 4.78 is 0. The highest BCUT2D eigenvalue weighted by atomic mass is 16.4. The first-order valence-electron chi connectivity index (χ1n) is 7.28. The predicted octanol–water partition coefficient (Wildman–Crippen LogP) is 1.91. The van der Waals surface area contributed by atoms with Gasteiger partial charge in [0.2, 0.25) is 0 Å². The summed E-state index contributed by atoms with van der Waals surface area (Å²) in [5, 5.41) is 32.8. The molecule has 0 radical (unpaired) electrons. The Morgan fingerprint density at radius 2 is 1.65 bits per heavy atom. The second kappa shape index (κ2) is 7.32. The van der Waals surface area contributed by atoms with E-state index in [9.17, 15) is 19.8 Å². The van der Waals surface area contributed by atoms with Crippen molar-refractivity contribution >= 4 is 12.2 Å². The van der Waals surface area contributed by atoms with Crippen molar-refractivity contribution in [3.8, 4) is 0 Å². The second-order valence-corrected chi connectivity index (χ2v) is 6.50. The van der Waals surface area contributed by atoms with Crippen LogP contribution in [0.4, 0.5) is 9.59 Å². The quantitative estimate of drug-likeness (QED) is 0.547. The van der Waals surface area contributed by atoms with Gasteiger partial charge in [-0.3, -0.25) is 0 Å². The molecule has 2 atom stereocenters. The third-order valence-electron chi connectivity index (χ3n) is 4.07. The minimum Gasteiger partial charge on any atom is -0.465 e. The number of amides is 2. The van der Waals surface area contributed by atoms with E-state index in [0.29, 0.717) is 0 Å². The van der Waals surface area contributed by atoms with E-state index in [0.717, 1.165) is 5.56 Å². The SMILES string of the molecule is CC(C)(C)[C@](Cc1ccccc1)(NC(=O)O)C(CO)NC(=O)O. The summed E-state index contributed by atoms with van der Waals surface area (Å²) in [6.07, 6.45) is -2.37. The molecule has 0 aliphatic rings. The molecule has 0 aliphatic carbocycles. The van der Waals surface area contributed by atoms with Gasteiger partial charge in [-0.15, -0.1) is 0 Å². The maximum atomic E-state index is 11.4. The molecule has 0 heterocycles. The second-order valence-electron chi connectivity index (χ2n) is 6.50. The number of hydrogen-bond acceptors (Lipinski definition) is 3. The first-order valence-corrected chi connectivity index (χ1v) is 7.28. The topological polar surface area (TPSA) is 119 Å². The molecule has 128 valence electrons. The largest absolute Gasteiger partial charge is 0.465 e. The molecule has 0 aromatic heterocycles. The zero-order chi connectivity index (χ0) is 17.7. The normalized spacial score (nSPS) is 15.3. The van der Waals surface area contributed by atoms with Crippen LogP contribution in [0.2, 0.25) is 0 Å². The zero-order valence-corrected chi connectivity index (χ0v) is 13.5. The molecule has 1 aromatic carbocycles. The summed E-state index contributed by atoms with van der Waals surface area (Å²) in [5.41, 5.74) is -1.06. The first kappa shape index (κ1) is 18.8. The van der Waals surface area contributed by atoms with Crippen LogP contribution in [0.25, 0.3) is 0 Å². The molecule has 0 saturated heterocycles. The molecular formula is C16H24N2O5. The van der Waals surface area contributed by atoms with Gasteiger partial charge in [-0.25, -0.2) is 9.59 Å². The van der Waals surface area contributed by atoms with Crippen LogP contribution < -0.4 is 10.6 Å². The van der Waals surface area contributed by atoms with E-state index in [-0.39, 0.29) is 6.42 Å². The van der Waals surface area contributed by atoms with Crippen LogP contribution in [0, 0.1) is 5.41 Å². The van der Waals surface area contributed by atoms with Crippen LogP contribution in [0.15, 0.2) is 30.3 Å². The van der Waals surface area contributed by atoms with Gasteiger partial charge in [0.25, 0.3) is 0 Å². The van der Waals surface area contributed by atoms with Crippen LogP contribution in [-0.4, -0.2) is 45.7 Å². The summed E-state index contributed by atoms with van der Waals surface area (Å²) in [7, 11) is 0. The lowest BCUT2D eigenvalue weighted by molar-refractivity contribution is 0.0542. The monoisotopic (exact) mass is 324 g/mol. The molecule has 0 bridgehead atoms. The molecule has 0 spiro atoms. The highest BCUT2D eigenvalue weighted by Gasteiger charge is 2.50. The Morgan fingerprint density at radius 3 is 2.04 bits per heavy atom. The standard InChI is InChI=1S/C16H24N2O5/c1-15(2,3)16(18-14(22)23,12(10-19)17-13(20)21)9-11-7-5-4-6-8-11/h4-8,12,17-19H,9-10H2,1-3H3,(H,20,21)(H,22,23)/t12?,16-/m1/s1. The highest BCUT2D eigenvalue weighted by molar-refractivity contribution is 5.68. The molecule has 2 amide bonds. The number of benzene rings is 1. The van der Waals surface area contributed by atoms with Gasteiger partial charge in [0, 0.05) is 0 Å². The van der Waals surface area contributed by atoms with Crippen LogP contribution in [-0.2, 0) is 6.42 Å². The van der Waals surface area contributed by atoms with Gasteiger partial charge < -0.3 is 26.0 Å². The smallest absolute Gasteiger partial charge is 0.405 e. The molecule has 0 saturated carbocycles. The van der Waals surface area contributed by atoms with Crippen molar-refractivity contribution in [2.75, 3.05) is 6.61 Å². The van der Waals surface area contributed by atoms with Crippen molar-refractivity contribution in [2.45, 2.75) is 38.8 Å². The molecule has 1 aromatic rings. The van der Waals surface area contributed by atoms with Gasteiger partial charge in [-0.05, 0) is 17.4 Å². The van der Waals surface area contributed by atoms with Crippen molar-refractivity contribution in [3.63, 3.8) is 0 Å². The van der Waals surface area contributed by atoms with E-state index in [1.54, 1.807) is 20.8 Å². The number of nitrogens with one attached hydrogen (secondary N) is 2. The van der Waals surface area contributed by atoms with Gasteiger partial charge in [0.05, 0.1) is 18.2 Å². The van der Waals surface area contributed by atoms with Gasteiger partial charge in [0.15, 0.2) is 0 Å². The van der Waals surface area contributed by atoms with Gasteiger partial charge >= 0.3 is 12.2 Å². The number of carbonyl (C=O) groups is 2. The van der Waals surface area contributed by atoms with E-state index in [2.05, 4.69) is 10.6 Å². The first-order chi connectivity index (χ1) is 10.6. The van der Waals surface area contributed by atoms with Crippen LogP contribution in [0.5, 0.6) is 0 Å². The average molecular weight is 324 g/mol. The van der Waals surface area contributed by atoms with Crippen molar-refractivity contribution in [3.05, 3.63) is 35.9 Å². The summed E-state index contributed by atoms with van der Waals surface area (Å²) in [4.78, 5) is 22.5. The minimum absolute atomic E-state index is 0.231. The molecule has 5 N–H and O–H groups in total. The Morgan fingerprint density at radius 1 is 1.09 bits per heavy atom. The number of aliphatic hydroxyl groups excluding tert-OH is 1. The fourth-order valence-electron chi connectivity index (χ4n) is 2.81. The average Bonchev–Trinajstić information content (AvgIpc) is 2.43. The highest BCUT2D eigenvalue weighted by Crippen LogP contribution is 2.36. The van der Waals surface area contributed by atoms with E-state index < -0.39 is 35.8 Å². The van der Waals surface area contributed by atoms with Crippen LogP contribution in [0.1, 0.15) is 26.3 Å². The van der Waals surface area contributed by atoms with Gasteiger partial charge in [0.1, 0.15) is 0 Å². The lowest BCUT2D eigenvalue weighted by Gasteiger charge is -2.49. The molecule has 23 heavy (non-hydrogen) atoms. The van der Waals surface area contributed by atoms with E-state index in [1.165, 1.54) is 0 Å². The maximum Gasteiger partial charge on any atom is 0.405 e. The Balaban J connectivity index is 3.39. The number of rotatable bonds is 6. The summed E-state index contributed by atoms with van der Waals surface area (Å²) in [5.74, 6) is 0. The summed E-state index contributed by atoms with van der Waals surface area (Å²) in [6.45, 7) is 4.88. The molecule has 0 aliphatic heterocycles. The van der Waals surface area contributed by atoms with E-state index in [4.69, 9.17) is 5.11 Å². The fraction of sp³-hybridized carbons (Fsp3) is 0.500. The Kier molecular flexibility index (Phi) is 5.98. The Bertz CT molecular complexity index is 541. The maximum absolute atomic E-state index is 11.4.